The van der Waals surface area contributed by atoms with Crippen LogP contribution in [-0.4, -0.2) is 24.2 Å². The number of hydrogen-bond acceptors (Lipinski definition) is 2. The fourth-order valence-corrected chi connectivity index (χ4v) is 2.15. The van der Waals surface area contributed by atoms with Gasteiger partial charge in [0.2, 0.25) is 0 Å². The molecule has 0 amide bonds. The van der Waals surface area contributed by atoms with Gasteiger partial charge >= 0.3 is 6.18 Å². The fourth-order valence-electron chi connectivity index (χ4n) is 2.15. The second kappa shape index (κ2) is 5.57. The molecule has 0 radical (unpaired) electrons. The third kappa shape index (κ3) is 3.67. The maximum absolute atomic E-state index is 12.5. The van der Waals surface area contributed by atoms with Gasteiger partial charge in [0.05, 0.1) is 11.9 Å². The van der Waals surface area contributed by atoms with E-state index < -0.39 is 18.6 Å². The van der Waals surface area contributed by atoms with Gasteiger partial charge < -0.3 is 5.32 Å². The van der Waals surface area contributed by atoms with Crippen molar-refractivity contribution in [2.24, 2.45) is 0 Å². The van der Waals surface area contributed by atoms with Crippen LogP contribution in [0.2, 0.25) is 0 Å². The van der Waals surface area contributed by atoms with Gasteiger partial charge in [-0.2, -0.15) is 13.2 Å². The van der Waals surface area contributed by atoms with Gasteiger partial charge in [0.25, 0.3) is 0 Å². The number of hydrogen-bond donors (Lipinski definition) is 1. The number of fused-ring (bicyclic) bond motifs is 1. The summed E-state index contributed by atoms with van der Waals surface area (Å²) in [4.78, 5) is 4.21. The Labute approximate surface area is 109 Å². The molecule has 0 aliphatic rings. The minimum absolute atomic E-state index is 0.332. The largest absolute Gasteiger partial charge is 0.390 e. The van der Waals surface area contributed by atoms with E-state index in [1.807, 2.05) is 24.3 Å². The van der Waals surface area contributed by atoms with E-state index in [1.165, 1.54) is 0 Å². The molecule has 1 N–H and O–H groups in total. The summed E-state index contributed by atoms with van der Waals surface area (Å²) in [6, 6.07) is 8.64. The lowest BCUT2D eigenvalue weighted by Gasteiger charge is -2.18. The summed E-state index contributed by atoms with van der Waals surface area (Å²) in [5.74, 6) is 0. The van der Waals surface area contributed by atoms with Crippen LogP contribution in [0, 0.1) is 0 Å². The molecular weight excluding hydrogens is 253 g/mol. The zero-order chi connectivity index (χ0) is 13.9. The molecule has 0 saturated heterocycles. The topological polar surface area (TPSA) is 24.9 Å². The third-order valence-electron chi connectivity index (χ3n) is 3.09. The molecule has 0 aliphatic carbocycles. The van der Waals surface area contributed by atoms with Crippen LogP contribution in [0.5, 0.6) is 0 Å². The Morgan fingerprint density at radius 1 is 1.21 bits per heavy atom. The van der Waals surface area contributed by atoms with E-state index in [0.717, 1.165) is 16.5 Å². The van der Waals surface area contributed by atoms with Crippen molar-refractivity contribution in [1.29, 1.82) is 0 Å². The van der Waals surface area contributed by atoms with E-state index in [9.17, 15) is 13.2 Å². The monoisotopic (exact) mass is 268 g/mol. The lowest BCUT2D eigenvalue weighted by atomic mass is 10.00. The van der Waals surface area contributed by atoms with Crippen LogP contribution in [-0.2, 0) is 6.42 Å². The van der Waals surface area contributed by atoms with E-state index in [4.69, 9.17) is 0 Å². The molecule has 102 valence electrons. The van der Waals surface area contributed by atoms with Crippen LogP contribution in [0.4, 0.5) is 13.2 Å². The SMILES string of the molecule is CNC(Cc1ccnc2ccccc12)CC(F)(F)F. The highest BCUT2D eigenvalue weighted by molar-refractivity contribution is 5.81. The first-order valence-corrected chi connectivity index (χ1v) is 6.06. The maximum Gasteiger partial charge on any atom is 0.390 e. The number of alkyl halides is 3. The highest BCUT2D eigenvalue weighted by Gasteiger charge is 2.31. The second-order valence-corrected chi connectivity index (χ2v) is 4.50. The summed E-state index contributed by atoms with van der Waals surface area (Å²) >= 11 is 0. The molecule has 1 atom stereocenters. The van der Waals surface area contributed by atoms with Crippen LogP contribution in [0.3, 0.4) is 0 Å². The number of likely N-dealkylation sites (N-methyl/N-ethyl adjacent to an activating group) is 1. The average molecular weight is 268 g/mol. The molecule has 0 fully saturated rings. The van der Waals surface area contributed by atoms with Gasteiger partial charge in [-0.1, -0.05) is 18.2 Å². The van der Waals surface area contributed by atoms with Crippen molar-refractivity contribution < 1.29 is 13.2 Å². The molecule has 1 unspecified atom stereocenters. The molecule has 2 nitrogen and oxygen atoms in total. The molecule has 2 aromatic rings. The fraction of sp³-hybridized carbons (Fsp3) is 0.357. The molecule has 0 aliphatic heterocycles. The zero-order valence-electron chi connectivity index (χ0n) is 10.5. The van der Waals surface area contributed by atoms with Gasteiger partial charge in [-0.15, -0.1) is 0 Å². The van der Waals surface area contributed by atoms with Crippen molar-refractivity contribution >= 4 is 10.9 Å². The predicted molar refractivity (Wildman–Crippen MR) is 69.0 cm³/mol. The van der Waals surface area contributed by atoms with Crippen LogP contribution in [0.1, 0.15) is 12.0 Å². The van der Waals surface area contributed by atoms with Crippen molar-refractivity contribution in [3.63, 3.8) is 0 Å². The molecule has 2 rings (SSSR count). The number of para-hydroxylation sites is 1. The Hall–Kier alpha value is -1.62. The molecule has 0 spiro atoms. The minimum atomic E-state index is -4.16. The standard InChI is InChI=1S/C14H15F3N2/c1-18-11(9-14(15,16)17)8-10-6-7-19-13-5-3-2-4-12(10)13/h2-7,11,18H,8-9H2,1H3. The number of aromatic nitrogens is 1. The molecule has 0 bridgehead atoms. The molecular formula is C14H15F3N2. The Bertz CT molecular complexity index is 546. The Morgan fingerprint density at radius 2 is 1.95 bits per heavy atom. The highest BCUT2D eigenvalue weighted by Crippen LogP contribution is 2.25. The molecule has 1 aromatic heterocycles. The zero-order valence-corrected chi connectivity index (χ0v) is 10.5. The second-order valence-electron chi connectivity index (χ2n) is 4.50. The van der Waals surface area contributed by atoms with Crippen molar-refractivity contribution in [2.75, 3.05) is 7.05 Å². The highest BCUT2D eigenvalue weighted by atomic mass is 19.4. The number of nitrogens with one attached hydrogen (secondary N) is 1. The van der Waals surface area contributed by atoms with Gasteiger partial charge in [0, 0.05) is 17.6 Å². The van der Waals surface area contributed by atoms with Crippen molar-refractivity contribution in [2.45, 2.75) is 25.1 Å². The molecule has 0 saturated carbocycles. The van der Waals surface area contributed by atoms with E-state index in [-0.39, 0.29) is 0 Å². The first-order chi connectivity index (χ1) is 8.99. The Morgan fingerprint density at radius 3 is 2.63 bits per heavy atom. The van der Waals surface area contributed by atoms with E-state index in [2.05, 4.69) is 10.3 Å². The van der Waals surface area contributed by atoms with E-state index >= 15 is 0 Å². The molecule has 5 heteroatoms. The van der Waals surface area contributed by atoms with Gasteiger partial charge in [-0.25, -0.2) is 0 Å². The van der Waals surface area contributed by atoms with Crippen LogP contribution in [0.15, 0.2) is 36.5 Å². The summed E-state index contributed by atoms with van der Waals surface area (Å²) in [6.07, 6.45) is -3.02. The smallest absolute Gasteiger partial charge is 0.316 e. The lowest BCUT2D eigenvalue weighted by molar-refractivity contribution is -0.139. The number of halogens is 3. The summed E-state index contributed by atoms with van der Waals surface area (Å²) in [7, 11) is 1.56. The first-order valence-electron chi connectivity index (χ1n) is 6.06. The normalized spacial score (nSPS) is 13.7. The van der Waals surface area contributed by atoms with Gasteiger partial charge in [0.15, 0.2) is 0 Å². The molecule has 1 aromatic carbocycles. The molecule has 1 heterocycles. The van der Waals surface area contributed by atoms with Gasteiger partial charge in [-0.3, -0.25) is 4.98 Å². The lowest BCUT2D eigenvalue weighted by Crippen LogP contribution is -2.33. The average Bonchev–Trinajstić information content (AvgIpc) is 2.37. The van der Waals surface area contributed by atoms with Gasteiger partial charge in [0.1, 0.15) is 0 Å². The predicted octanol–water partition coefficient (Wildman–Crippen LogP) is 3.32. The Kier molecular flexibility index (Phi) is 4.04. The first kappa shape index (κ1) is 13.8. The van der Waals surface area contributed by atoms with Crippen molar-refractivity contribution in [3.8, 4) is 0 Å². The summed E-state index contributed by atoms with van der Waals surface area (Å²) < 4.78 is 37.4. The van der Waals surface area contributed by atoms with Crippen molar-refractivity contribution in [3.05, 3.63) is 42.1 Å². The van der Waals surface area contributed by atoms with Gasteiger partial charge in [-0.05, 0) is 31.2 Å². The maximum atomic E-state index is 12.5. The van der Waals surface area contributed by atoms with Crippen LogP contribution >= 0.6 is 0 Å². The number of rotatable bonds is 4. The van der Waals surface area contributed by atoms with Crippen LogP contribution in [0.25, 0.3) is 10.9 Å². The van der Waals surface area contributed by atoms with E-state index in [1.54, 1.807) is 19.3 Å². The third-order valence-corrected chi connectivity index (χ3v) is 3.09. The minimum Gasteiger partial charge on any atom is -0.316 e. The number of pyridine rings is 1. The number of benzene rings is 1. The number of nitrogens with zero attached hydrogens (tertiary/aromatic N) is 1. The van der Waals surface area contributed by atoms with Crippen LogP contribution < -0.4 is 5.32 Å². The summed E-state index contributed by atoms with van der Waals surface area (Å²) in [6.45, 7) is 0. The van der Waals surface area contributed by atoms with Crippen molar-refractivity contribution in [1.82, 2.24) is 10.3 Å². The summed E-state index contributed by atoms with van der Waals surface area (Å²) in [5, 5.41) is 3.64. The summed E-state index contributed by atoms with van der Waals surface area (Å²) in [5.41, 5.74) is 1.69. The van der Waals surface area contributed by atoms with E-state index in [0.29, 0.717) is 6.42 Å². The quantitative estimate of drug-likeness (QED) is 0.920. The Balaban J connectivity index is 2.24. The molecule has 19 heavy (non-hydrogen) atoms.